The number of methoxy groups -OCH3 is 1. The van der Waals surface area contributed by atoms with E-state index in [9.17, 15) is 14.4 Å². The van der Waals surface area contributed by atoms with Gasteiger partial charge in [0.2, 0.25) is 0 Å². The minimum atomic E-state index is -0.947. The Balaban J connectivity index is 2.17. The smallest absolute Gasteiger partial charge is 0.383 e. The summed E-state index contributed by atoms with van der Waals surface area (Å²) >= 11 is 0. The molecule has 0 amide bonds. The predicted molar refractivity (Wildman–Crippen MR) is 91.7 cm³/mol. The molecule has 3 rings (SSSR count). The van der Waals surface area contributed by atoms with Gasteiger partial charge in [-0.1, -0.05) is 18.2 Å². The second-order valence-electron chi connectivity index (χ2n) is 5.26. The van der Waals surface area contributed by atoms with Crippen LogP contribution in [0.5, 0.6) is 17.2 Å². The lowest BCUT2D eigenvalue weighted by Gasteiger charge is -2.11. The van der Waals surface area contributed by atoms with Gasteiger partial charge in [0.25, 0.3) is 5.75 Å². The Bertz CT molecular complexity index is 1030. The van der Waals surface area contributed by atoms with E-state index >= 15 is 0 Å². The molecule has 3 aromatic rings. The van der Waals surface area contributed by atoms with Gasteiger partial charge in [0, 0.05) is 13.0 Å². The van der Waals surface area contributed by atoms with E-state index < -0.39 is 23.3 Å². The third-order valence-corrected chi connectivity index (χ3v) is 3.48. The van der Waals surface area contributed by atoms with Crippen molar-refractivity contribution in [3.05, 3.63) is 64.5 Å². The van der Waals surface area contributed by atoms with Crippen LogP contribution in [0.25, 0.3) is 11.0 Å². The van der Waals surface area contributed by atoms with Crippen LogP contribution in [0.1, 0.15) is 17.3 Å². The Morgan fingerprint density at radius 2 is 1.69 bits per heavy atom. The van der Waals surface area contributed by atoms with Crippen LogP contribution in [-0.4, -0.2) is 19.0 Å². The van der Waals surface area contributed by atoms with E-state index in [2.05, 4.69) is 0 Å². The molecule has 26 heavy (non-hydrogen) atoms. The fraction of sp³-hybridized carbons (Fsp3) is 0.105. The molecule has 0 N–H and O–H groups in total. The minimum absolute atomic E-state index is 0.126. The first-order valence-corrected chi connectivity index (χ1v) is 7.60. The summed E-state index contributed by atoms with van der Waals surface area (Å²) in [4.78, 5) is 36.0. The van der Waals surface area contributed by atoms with Crippen molar-refractivity contribution >= 4 is 22.9 Å². The molecule has 1 aromatic heterocycles. The minimum Gasteiger partial charge on any atom is -0.497 e. The normalized spacial score (nSPS) is 10.4. The highest BCUT2D eigenvalue weighted by atomic mass is 16.6. The van der Waals surface area contributed by atoms with Gasteiger partial charge in [0.05, 0.1) is 18.1 Å². The molecule has 0 saturated heterocycles. The first kappa shape index (κ1) is 17.2. The molecule has 0 bridgehead atoms. The van der Waals surface area contributed by atoms with Crippen LogP contribution in [0.15, 0.2) is 57.7 Å². The second-order valence-corrected chi connectivity index (χ2v) is 5.26. The van der Waals surface area contributed by atoms with Gasteiger partial charge in [-0.25, -0.2) is 9.59 Å². The molecule has 0 radical (unpaired) electrons. The molecule has 7 nitrogen and oxygen atoms in total. The maximum atomic E-state index is 12.4. The first-order valence-electron chi connectivity index (χ1n) is 7.60. The molecule has 7 heteroatoms. The molecule has 0 aliphatic carbocycles. The van der Waals surface area contributed by atoms with Crippen molar-refractivity contribution in [2.75, 3.05) is 7.11 Å². The SMILES string of the molecule is COc1ccc2c(OC(=O)c3ccccc3)c(OC(C)=O)c(=O)oc2c1. The molecule has 2 aromatic carbocycles. The summed E-state index contributed by atoms with van der Waals surface area (Å²) in [6, 6.07) is 12.8. The molecule has 0 spiro atoms. The van der Waals surface area contributed by atoms with Gasteiger partial charge in [0.1, 0.15) is 11.3 Å². The highest BCUT2D eigenvalue weighted by molar-refractivity contribution is 5.95. The molecular weight excluding hydrogens is 340 g/mol. The zero-order valence-corrected chi connectivity index (χ0v) is 14.0. The van der Waals surface area contributed by atoms with Gasteiger partial charge in [-0.15, -0.1) is 0 Å². The van der Waals surface area contributed by atoms with Crippen LogP contribution >= 0.6 is 0 Å². The van der Waals surface area contributed by atoms with Crippen molar-refractivity contribution in [2.24, 2.45) is 0 Å². The summed E-state index contributed by atoms with van der Waals surface area (Å²) < 4.78 is 20.6. The lowest BCUT2D eigenvalue weighted by Crippen LogP contribution is -2.16. The number of carbonyl (C=O) groups is 2. The molecular formula is C19H14O7. The lowest BCUT2D eigenvalue weighted by molar-refractivity contribution is -0.132. The predicted octanol–water partition coefficient (Wildman–Crippen LogP) is 2.95. The van der Waals surface area contributed by atoms with E-state index in [1.54, 1.807) is 36.4 Å². The van der Waals surface area contributed by atoms with Crippen molar-refractivity contribution in [1.29, 1.82) is 0 Å². The van der Waals surface area contributed by atoms with Crippen molar-refractivity contribution < 1.29 is 28.2 Å². The largest absolute Gasteiger partial charge is 0.497 e. The number of esters is 2. The van der Waals surface area contributed by atoms with Crippen molar-refractivity contribution in [3.8, 4) is 17.2 Å². The Labute approximate surface area is 147 Å². The average Bonchev–Trinajstić information content (AvgIpc) is 2.64. The quantitative estimate of drug-likeness (QED) is 0.525. The number of hydrogen-bond donors (Lipinski definition) is 0. The summed E-state index contributed by atoms with van der Waals surface area (Å²) in [5, 5.41) is 0.283. The summed E-state index contributed by atoms with van der Waals surface area (Å²) in [7, 11) is 1.46. The molecule has 132 valence electrons. The van der Waals surface area contributed by atoms with E-state index in [1.807, 2.05) is 0 Å². The lowest BCUT2D eigenvalue weighted by atomic mass is 10.2. The number of ether oxygens (including phenoxy) is 3. The van der Waals surface area contributed by atoms with E-state index in [0.29, 0.717) is 5.75 Å². The Kier molecular flexibility index (Phi) is 4.70. The van der Waals surface area contributed by atoms with Gasteiger partial charge < -0.3 is 18.6 Å². The van der Waals surface area contributed by atoms with Gasteiger partial charge >= 0.3 is 17.6 Å². The summed E-state index contributed by atoms with van der Waals surface area (Å²) in [5.74, 6) is -1.69. The fourth-order valence-corrected chi connectivity index (χ4v) is 2.32. The first-order chi connectivity index (χ1) is 12.5. The average molecular weight is 354 g/mol. The summed E-state index contributed by atoms with van der Waals surface area (Å²) in [6.07, 6.45) is 0. The van der Waals surface area contributed by atoms with E-state index in [4.69, 9.17) is 18.6 Å². The standard InChI is InChI=1S/C19H14O7/c1-11(20)24-17-16(26-18(21)12-6-4-3-5-7-12)14-9-8-13(23-2)10-15(14)25-19(17)22/h3-10H,1-2H3. The number of fused-ring (bicyclic) bond motifs is 1. The van der Waals surface area contributed by atoms with E-state index in [-0.39, 0.29) is 22.3 Å². The van der Waals surface area contributed by atoms with Crippen LogP contribution < -0.4 is 19.8 Å². The van der Waals surface area contributed by atoms with Crippen LogP contribution in [-0.2, 0) is 4.79 Å². The van der Waals surface area contributed by atoms with Gasteiger partial charge in [-0.05, 0) is 24.3 Å². The topological polar surface area (TPSA) is 92.0 Å². The molecule has 0 atom stereocenters. The molecule has 0 unspecified atom stereocenters. The second kappa shape index (κ2) is 7.10. The van der Waals surface area contributed by atoms with Crippen molar-refractivity contribution in [3.63, 3.8) is 0 Å². The molecule has 0 aliphatic rings. The maximum absolute atomic E-state index is 12.4. The van der Waals surface area contributed by atoms with Crippen LogP contribution in [0.4, 0.5) is 0 Å². The van der Waals surface area contributed by atoms with Crippen molar-refractivity contribution in [2.45, 2.75) is 6.92 Å². The zero-order valence-electron chi connectivity index (χ0n) is 14.0. The van der Waals surface area contributed by atoms with Crippen LogP contribution in [0.2, 0.25) is 0 Å². The van der Waals surface area contributed by atoms with E-state index in [1.165, 1.54) is 19.2 Å². The molecule has 0 saturated carbocycles. The highest BCUT2D eigenvalue weighted by Gasteiger charge is 2.23. The van der Waals surface area contributed by atoms with Crippen molar-refractivity contribution in [1.82, 2.24) is 0 Å². The molecule has 1 heterocycles. The monoisotopic (exact) mass is 354 g/mol. The molecule has 0 fully saturated rings. The Hall–Kier alpha value is -3.61. The van der Waals surface area contributed by atoms with Gasteiger partial charge in [0.15, 0.2) is 5.75 Å². The Morgan fingerprint density at radius 1 is 0.962 bits per heavy atom. The summed E-state index contributed by atoms with van der Waals surface area (Å²) in [5.41, 5.74) is -0.547. The molecule has 0 aliphatic heterocycles. The number of benzene rings is 2. The Morgan fingerprint density at radius 3 is 2.35 bits per heavy atom. The van der Waals surface area contributed by atoms with E-state index in [0.717, 1.165) is 6.92 Å². The number of hydrogen-bond acceptors (Lipinski definition) is 7. The number of carbonyl (C=O) groups excluding carboxylic acids is 2. The maximum Gasteiger partial charge on any atom is 0.383 e. The van der Waals surface area contributed by atoms with Gasteiger partial charge in [-0.3, -0.25) is 4.79 Å². The third kappa shape index (κ3) is 3.41. The van der Waals surface area contributed by atoms with Gasteiger partial charge in [-0.2, -0.15) is 0 Å². The fourth-order valence-electron chi connectivity index (χ4n) is 2.32. The highest BCUT2D eigenvalue weighted by Crippen LogP contribution is 2.35. The summed E-state index contributed by atoms with van der Waals surface area (Å²) in [6.45, 7) is 1.13. The number of rotatable bonds is 4. The van der Waals surface area contributed by atoms with Crippen LogP contribution in [0, 0.1) is 0 Å². The third-order valence-electron chi connectivity index (χ3n) is 3.48. The zero-order chi connectivity index (χ0) is 18.7. The van der Waals surface area contributed by atoms with Crippen LogP contribution in [0.3, 0.4) is 0 Å².